The Hall–Kier alpha value is -2.32. The maximum atomic E-state index is 13.9. The third-order valence-electron chi connectivity index (χ3n) is 7.69. The summed E-state index contributed by atoms with van der Waals surface area (Å²) in [6.07, 6.45) is 1.14. The van der Waals surface area contributed by atoms with Crippen LogP contribution in [0.15, 0.2) is 54.6 Å². The lowest BCUT2D eigenvalue weighted by Gasteiger charge is -2.44. The van der Waals surface area contributed by atoms with Crippen LogP contribution in [-0.2, 0) is 18.0 Å². The lowest BCUT2D eigenvalue weighted by Crippen LogP contribution is -2.44. The summed E-state index contributed by atoms with van der Waals surface area (Å²) in [5, 5.41) is 10.4. The van der Waals surface area contributed by atoms with Gasteiger partial charge in [0.2, 0.25) is 0 Å². The SMILES string of the molecule is CCC(CCC(C#N)(c1ccccc1C(F)(F)F)C1CCC1)N(CCc1ccccc1)C(C)C. The van der Waals surface area contributed by atoms with Crippen LogP contribution in [0.2, 0.25) is 0 Å². The molecule has 2 aromatic carbocycles. The summed E-state index contributed by atoms with van der Waals surface area (Å²) in [7, 11) is 0. The largest absolute Gasteiger partial charge is 0.416 e. The van der Waals surface area contributed by atoms with Crippen LogP contribution in [0.25, 0.3) is 0 Å². The molecule has 1 aliphatic rings. The molecular weight excluding hydrogens is 433 g/mol. The zero-order valence-corrected chi connectivity index (χ0v) is 20.6. The highest BCUT2D eigenvalue weighted by Crippen LogP contribution is 2.50. The van der Waals surface area contributed by atoms with E-state index in [2.05, 4.69) is 43.9 Å². The Morgan fingerprint density at radius 3 is 2.12 bits per heavy atom. The van der Waals surface area contributed by atoms with Crippen LogP contribution in [0.4, 0.5) is 13.2 Å². The van der Waals surface area contributed by atoms with E-state index in [1.165, 1.54) is 11.6 Å². The zero-order valence-electron chi connectivity index (χ0n) is 20.6. The summed E-state index contributed by atoms with van der Waals surface area (Å²) in [4.78, 5) is 2.46. The summed E-state index contributed by atoms with van der Waals surface area (Å²) < 4.78 is 41.8. The molecule has 2 aromatic rings. The van der Waals surface area contributed by atoms with Gasteiger partial charge >= 0.3 is 6.18 Å². The Morgan fingerprint density at radius 1 is 1.00 bits per heavy atom. The summed E-state index contributed by atoms with van der Waals surface area (Å²) in [6.45, 7) is 7.39. The lowest BCUT2D eigenvalue weighted by atomic mass is 9.59. The molecule has 184 valence electrons. The number of hydrogen-bond donors (Lipinski definition) is 0. The third kappa shape index (κ3) is 5.84. The van der Waals surface area contributed by atoms with E-state index in [1.807, 2.05) is 18.2 Å². The summed E-state index contributed by atoms with van der Waals surface area (Å²) in [6, 6.07) is 19.1. The fourth-order valence-electron chi connectivity index (χ4n) is 5.55. The van der Waals surface area contributed by atoms with Gasteiger partial charge in [-0.3, -0.25) is 4.90 Å². The number of halogens is 3. The van der Waals surface area contributed by atoms with Crippen LogP contribution in [0.3, 0.4) is 0 Å². The molecular formula is C29H37F3N2. The van der Waals surface area contributed by atoms with Crippen molar-refractivity contribution in [3.05, 3.63) is 71.3 Å². The first-order valence-electron chi connectivity index (χ1n) is 12.6. The quantitative estimate of drug-likeness (QED) is 0.335. The molecule has 1 aliphatic carbocycles. The van der Waals surface area contributed by atoms with Crippen LogP contribution in [0, 0.1) is 17.2 Å². The molecule has 0 N–H and O–H groups in total. The number of alkyl halides is 3. The van der Waals surface area contributed by atoms with Gasteiger partial charge < -0.3 is 0 Å². The van der Waals surface area contributed by atoms with Gasteiger partial charge in [0, 0.05) is 18.6 Å². The highest BCUT2D eigenvalue weighted by molar-refractivity contribution is 5.42. The van der Waals surface area contributed by atoms with Gasteiger partial charge in [0.15, 0.2) is 0 Å². The fraction of sp³-hybridized carbons (Fsp3) is 0.552. The average Bonchev–Trinajstić information content (AvgIpc) is 2.78. The number of nitriles is 1. The predicted octanol–water partition coefficient (Wildman–Crippen LogP) is 7.78. The Balaban J connectivity index is 1.86. The van der Waals surface area contributed by atoms with Gasteiger partial charge in [0.05, 0.1) is 17.0 Å². The molecule has 3 rings (SSSR count). The molecule has 0 saturated heterocycles. The van der Waals surface area contributed by atoms with Crippen LogP contribution in [0.1, 0.15) is 76.0 Å². The number of nitrogens with zero attached hydrogens (tertiary/aromatic N) is 2. The van der Waals surface area contributed by atoms with Gasteiger partial charge in [-0.1, -0.05) is 61.9 Å². The third-order valence-corrected chi connectivity index (χ3v) is 7.69. The van der Waals surface area contributed by atoms with Crippen LogP contribution < -0.4 is 0 Å². The van der Waals surface area contributed by atoms with Crippen molar-refractivity contribution in [2.24, 2.45) is 5.92 Å². The van der Waals surface area contributed by atoms with Crippen LogP contribution >= 0.6 is 0 Å². The first-order valence-corrected chi connectivity index (χ1v) is 12.6. The van der Waals surface area contributed by atoms with Crippen molar-refractivity contribution in [1.82, 2.24) is 4.90 Å². The van der Waals surface area contributed by atoms with E-state index < -0.39 is 17.2 Å². The molecule has 0 radical (unpaired) electrons. The lowest BCUT2D eigenvalue weighted by molar-refractivity contribution is -0.139. The normalized spacial score (nSPS) is 17.3. The standard InChI is InChI=1S/C29H37F3N2/c1-4-25(34(22(2)3)20-18-23-11-6-5-7-12-23)17-19-28(21-33,24-13-10-14-24)26-15-8-9-16-27(26)29(30,31)32/h5-9,11-12,15-16,22,24-25H,4,10,13-14,17-20H2,1-3H3. The van der Waals surface area contributed by atoms with Crippen molar-refractivity contribution < 1.29 is 13.2 Å². The van der Waals surface area contributed by atoms with Crippen LogP contribution in [0.5, 0.6) is 0 Å². The smallest absolute Gasteiger partial charge is 0.298 e. The number of hydrogen-bond acceptors (Lipinski definition) is 2. The van der Waals surface area contributed by atoms with Crippen molar-refractivity contribution in [3.8, 4) is 6.07 Å². The molecule has 0 amide bonds. The average molecular weight is 471 g/mol. The molecule has 0 heterocycles. The highest BCUT2D eigenvalue weighted by atomic mass is 19.4. The van der Waals surface area contributed by atoms with E-state index in [0.29, 0.717) is 18.9 Å². The first kappa shape index (κ1) is 26.3. The molecule has 0 aliphatic heterocycles. The van der Waals surface area contributed by atoms with E-state index in [9.17, 15) is 18.4 Å². The second-order valence-electron chi connectivity index (χ2n) is 9.92. The van der Waals surface area contributed by atoms with E-state index >= 15 is 0 Å². The van der Waals surface area contributed by atoms with Crippen molar-refractivity contribution >= 4 is 0 Å². The topological polar surface area (TPSA) is 27.0 Å². The minimum atomic E-state index is -4.47. The van der Waals surface area contributed by atoms with Gasteiger partial charge in [-0.2, -0.15) is 18.4 Å². The Bertz CT molecular complexity index is 944. The zero-order chi connectivity index (χ0) is 24.8. The monoisotopic (exact) mass is 470 g/mol. The minimum absolute atomic E-state index is 0.0182. The summed E-state index contributed by atoms with van der Waals surface area (Å²) in [5.74, 6) is -0.0182. The van der Waals surface area contributed by atoms with Gasteiger partial charge in [-0.25, -0.2) is 0 Å². The van der Waals surface area contributed by atoms with Crippen molar-refractivity contribution in [3.63, 3.8) is 0 Å². The molecule has 1 fully saturated rings. The summed E-state index contributed by atoms with van der Waals surface area (Å²) in [5.41, 5.74) is -0.297. The van der Waals surface area contributed by atoms with Crippen molar-refractivity contribution in [2.75, 3.05) is 6.54 Å². The molecule has 2 atom stereocenters. The van der Waals surface area contributed by atoms with Gasteiger partial charge in [-0.15, -0.1) is 0 Å². The van der Waals surface area contributed by atoms with Gasteiger partial charge in [0.25, 0.3) is 0 Å². The number of rotatable bonds is 11. The highest BCUT2D eigenvalue weighted by Gasteiger charge is 2.48. The Morgan fingerprint density at radius 2 is 1.62 bits per heavy atom. The molecule has 2 nitrogen and oxygen atoms in total. The fourth-order valence-corrected chi connectivity index (χ4v) is 5.55. The second-order valence-corrected chi connectivity index (χ2v) is 9.92. The molecule has 0 bridgehead atoms. The van der Waals surface area contributed by atoms with E-state index in [-0.39, 0.29) is 17.5 Å². The van der Waals surface area contributed by atoms with Crippen molar-refractivity contribution in [2.45, 2.75) is 89.4 Å². The Kier molecular flexibility index (Phi) is 8.82. The molecule has 5 heteroatoms. The van der Waals surface area contributed by atoms with Gasteiger partial charge in [0.1, 0.15) is 0 Å². The van der Waals surface area contributed by atoms with Gasteiger partial charge in [-0.05, 0) is 75.5 Å². The molecule has 34 heavy (non-hydrogen) atoms. The molecule has 0 spiro atoms. The molecule has 0 aromatic heterocycles. The maximum Gasteiger partial charge on any atom is 0.416 e. The first-order chi connectivity index (χ1) is 16.2. The van der Waals surface area contributed by atoms with E-state index in [1.54, 1.807) is 12.1 Å². The van der Waals surface area contributed by atoms with E-state index in [4.69, 9.17) is 0 Å². The maximum absolute atomic E-state index is 13.9. The number of benzene rings is 2. The minimum Gasteiger partial charge on any atom is -0.298 e. The van der Waals surface area contributed by atoms with Crippen LogP contribution in [-0.4, -0.2) is 23.5 Å². The second kappa shape index (κ2) is 11.4. The summed E-state index contributed by atoms with van der Waals surface area (Å²) >= 11 is 0. The Labute approximate surface area is 202 Å². The predicted molar refractivity (Wildman–Crippen MR) is 131 cm³/mol. The molecule has 2 unspecified atom stereocenters. The van der Waals surface area contributed by atoms with E-state index in [0.717, 1.165) is 44.7 Å². The van der Waals surface area contributed by atoms with Crippen molar-refractivity contribution in [1.29, 1.82) is 5.26 Å². The molecule has 1 saturated carbocycles.